The molecule has 5 nitrogen and oxygen atoms in total. The van der Waals surface area contributed by atoms with Crippen molar-refractivity contribution in [1.29, 1.82) is 0 Å². The van der Waals surface area contributed by atoms with Crippen LogP contribution in [-0.2, 0) is 10.0 Å². The van der Waals surface area contributed by atoms with Crippen LogP contribution >= 0.6 is 0 Å². The van der Waals surface area contributed by atoms with Gasteiger partial charge in [0.15, 0.2) is 0 Å². The van der Waals surface area contributed by atoms with E-state index in [0.717, 1.165) is 12.0 Å². The van der Waals surface area contributed by atoms with Crippen LogP contribution in [0.5, 0.6) is 0 Å². The van der Waals surface area contributed by atoms with Gasteiger partial charge in [-0.2, -0.15) is 0 Å². The molecule has 2 N–H and O–H groups in total. The fourth-order valence-electron chi connectivity index (χ4n) is 2.46. The van der Waals surface area contributed by atoms with Crippen molar-refractivity contribution in [1.82, 2.24) is 4.90 Å². The maximum Gasteiger partial charge on any atom is 0.254 e. The number of sulfonamides is 1. The van der Waals surface area contributed by atoms with Crippen LogP contribution in [0, 0.1) is 12.3 Å². The molecule has 110 valence electrons. The highest BCUT2D eigenvalue weighted by atomic mass is 32.2. The van der Waals surface area contributed by atoms with Crippen LogP contribution < -0.4 is 5.14 Å². The number of primary sulfonamides is 1. The largest absolute Gasteiger partial charge is 0.338 e. The Hall–Kier alpha value is -1.40. The Morgan fingerprint density at radius 2 is 2.00 bits per heavy atom. The molecule has 0 saturated carbocycles. The number of nitrogens with zero attached hydrogens (tertiary/aromatic N) is 1. The Morgan fingerprint density at radius 1 is 1.35 bits per heavy atom. The smallest absolute Gasteiger partial charge is 0.254 e. The second-order valence-corrected chi connectivity index (χ2v) is 7.72. The monoisotopic (exact) mass is 296 g/mol. The first-order valence-electron chi connectivity index (χ1n) is 6.53. The summed E-state index contributed by atoms with van der Waals surface area (Å²) in [5.41, 5.74) is 1.28. The molecule has 0 bridgehead atoms. The summed E-state index contributed by atoms with van der Waals surface area (Å²) in [6.07, 6.45) is 0.951. The molecule has 0 aromatic heterocycles. The minimum absolute atomic E-state index is 0.0232. The summed E-state index contributed by atoms with van der Waals surface area (Å²) >= 11 is 0. The lowest BCUT2D eigenvalue weighted by atomic mass is 9.93. The fraction of sp³-hybridized carbons (Fsp3) is 0.500. The Morgan fingerprint density at radius 3 is 2.50 bits per heavy atom. The van der Waals surface area contributed by atoms with Crippen molar-refractivity contribution >= 4 is 15.9 Å². The summed E-state index contributed by atoms with van der Waals surface area (Å²) in [5.74, 6) is -0.126. The van der Waals surface area contributed by atoms with E-state index in [1.54, 1.807) is 17.9 Å². The number of carbonyl (C=O) groups is 1. The standard InChI is InChI=1S/C14H20N2O3S/c1-10-4-5-11(20(15,18)19)8-12(10)13(17)16-7-6-14(2,3)9-16/h4-5,8H,6-7,9H2,1-3H3,(H2,15,18,19). The van der Waals surface area contributed by atoms with Gasteiger partial charge in [-0.05, 0) is 36.5 Å². The van der Waals surface area contributed by atoms with Crippen molar-refractivity contribution < 1.29 is 13.2 Å². The van der Waals surface area contributed by atoms with Gasteiger partial charge in [0, 0.05) is 18.7 Å². The van der Waals surface area contributed by atoms with Gasteiger partial charge in [-0.1, -0.05) is 19.9 Å². The molecule has 0 aliphatic carbocycles. The number of carbonyl (C=O) groups excluding carboxylic acids is 1. The third kappa shape index (κ3) is 3.02. The van der Waals surface area contributed by atoms with E-state index in [2.05, 4.69) is 13.8 Å². The quantitative estimate of drug-likeness (QED) is 0.898. The van der Waals surface area contributed by atoms with Crippen molar-refractivity contribution in [3.63, 3.8) is 0 Å². The van der Waals surface area contributed by atoms with Gasteiger partial charge < -0.3 is 4.90 Å². The van der Waals surface area contributed by atoms with E-state index in [9.17, 15) is 13.2 Å². The molecule has 2 rings (SSSR count). The number of benzene rings is 1. The molecule has 1 aliphatic rings. The molecule has 1 aromatic rings. The van der Waals surface area contributed by atoms with Crippen molar-refractivity contribution in [2.45, 2.75) is 32.1 Å². The van der Waals surface area contributed by atoms with E-state index in [1.165, 1.54) is 12.1 Å². The molecule has 20 heavy (non-hydrogen) atoms. The van der Waals surface area contributed by atoms with Crippen LogP contribution in [0.3, 0.4) is 0 Å². The van der Waals surface area contributed by atoms with Gasteiger partial charge in [-0.25, -0.2) is 13.6 Å². The van der Waals surface area contributed by atoms with E-state index in [1.807, 2.05) is 0 Å². The van der Waals surface area contributed by atoms with Crippen LogP contribution in [0.4, 0.5) is 0 Å². The summed E-state index contributed by atoms with van der Waals surface area (Å²) in [6.45, 7) is 7.42. The van der Waals surface area contributed by atoms with Crippen molar-refractivity contribution in [3.8, 4) is 0 Å². The topological polar surface area (TPSA) is 80.5 Å². The zero-order valence-corrected chi connectivity index (χ0v) is 12.8. The van der Waals surface area contributed by atoms with E-state index in [0.29, 0.717) is 18.7 Å². The van der Waals surface area contributed by atoms with Gasteiger partial charge in [-0.15, -0.1) is 0 Å². The van der Waals surface area contributed by atoms with E-state index >= 15 is 0 Å². The van der Waals surface area contributed by atoms with Crippen molar-refractivity contribution in [3.05, 3.63) is 29.3 Å². The number of nitrogens with two attached hydrogens (primary N) is 1. The average Bonchev–Trinajstić information content (AvgIpc) is 2.68. The molecule has 0 unspecified atom stereocenters. The first-order valence-corrected chi connectivity index (χ1v) is 8.07. The number of hydrogen-bond acceptors (Lipinski definition) is 3. The van der Waals surface area contributed by atoms with Crippen LogP contribution in [0.15, 0.2) is 23.1 Å². The van der Waals surface area contributed by atoms with Gasteiger partial charge in [0.05, 0.1) is 4.90 Å². The predicted octanol–water partition coefficient (Wildman–Crippen LogP) is 1.51. The Kier molecular flexibility index (Phi) is 3.64. The summed E-state index contributed by atoms with van der Waals surface area (Å²) < 4.78 is 22.8. The molecule has 1 aromatic carbocycles. The molecule has 1 saturated heterocycles. The SMILES string of the molecule is Cc1ccc(S(N)(=O)=O)cc1C(=O)N1CCC(C)(C)C1. The van der Waals surface area contributed by atoms with Gasteiger partial charge in [0.1, 0.15) is 0 Å². The highest BCUT2D eigenvalue weighted by Crippen LogP contribution is 2.30. The van der Waals surface area contributed by atoms with Gasteiger partial charge in [-0.3, -0.25) is 4.79 Å². The van der Waals surface area contributed by atoms with Crippen LogP contribution in [0.1, 0.15) is 36.2 Å². The number of aryl methyl sites for hydroxylation is 1. The third-order valence-corrected chi connectivity index (χ3v) is 4.64. The Bertz CT molecular complexity index is 650. The Labute approximate surface area is 119 Å². The molecule has 0 radical (unpaired) electrons. The van der Waals surface area contributed by atoms with E-state index in [4.69, 9.17) is 5.14 Å². The van der Waals surface area contributed by atoms with E-state index < -0.39 is 10.0 Å². The van der Waals surface area contributed by atoms with Crippen LogP contribution in [0.25, 0.3) is 0 Å². The second kappa shape index (κ2) is 4.86. The first kappa shape index (κ1) is 15.0. The molecule has 0 atom stereocenters. The maximum atomic E-state index is 12.5. The average molecular weight is 296 g/mol. The van der Waals surface area contributed by atoms with Crippen molar-refractivity contribution in [2.75, 3.05) is 13.1 Å². The highest BCUT2D eigenvalue weighted by Gasteiger charge is 2.33. The summed E-state index contributed by atoms with van der Waals surface area (Å²) in [5, 5.41) is 5.12. The summed E-state index contributed by atoms with van der Waals surface area (Å²) in [4.78, 5) is 14.3. The lowest BCUT2D eigenvalue weighted by molar-refractivity contribution is 0.0777. The van der Waals surface area contributed by atoms with Crippen molar-refractivity contribution in [2.24, 2.45) is 10.6 Å². The first-order chi connectivity index (χ1) is 9.10. The van der Waals surface area contributed by atoms with Crippen LogP contribution in [-0.4, -0.2) is 32.3 Å². The molecule has 1 heterocycles. The minimum Gasteiger partial charge on any atom is -0.338 e. The molecule has 1 aliphatic heterocycles. The number of hydrogen-bond donors (Lipinski definition) is 1. The van der Waals surface area contributed by atoms with E-state index in [-0.39, 0.29) is 16.2 Å². The maximum absolute atomic E-state index is 12.5. The molecule has 1 fully saturated rings. The second-order valence-electron chi connectivity index (χ2n) is 6.16. The molecule has 0 spiro atoms. The summed E-state index contributed by atoms with van der Waals surface area (Å²) in [7, 11) is -3.79. The molecule has 6 heteroatoms. The Balaban J connectivity index is 2.35. The van der Waals surface area contributed by atoms with Gasteiger partial charge in [0.25, 0.3) is 5.91 Å². The highest BCUT2D eigenvalue weighted by molar-refractivity contribution is 7.89. The zero-order valence-electron chi connectivity index (χ0n) is 12.0. The lowest BCUT2D eigenvalue weighted by Gasteiger charge is -2.21. The molecule has 1 amide bonds. The molecular formula is C14H20N2O3S. The number of amides is 1. The number of rotatable bonds is 2. The summed E-state index contributed by atoms with van der Waals surface area (Å²) in [6, 6.07) is 4.42. The number of likely N-dealkylation sites (tertiary alicyclic amines) is 1. The van der Waals surface area contributed by atoms with Gasteiger partial charge in [0.2, 0.25) is 10.0 Å². The predicted molar refractivity (Wildman–Crippen MR) is 76.9 cm³/mol. The fourth-order valence-corrected chi connectivity index (χ4v) is 3.00. The normalized spacial score (nSPS) is 18.3. The van der Waals surface area contributed by atoms with Gasteiger partial charge >= 0.3 is 0 Å². The minimum atomic E-state index is -3.79. The lowest BCUT2D eigenvalue weighted by Crippen LogP contribution is -2.31. The zero-order chi connectivity index (χ0) is 15.1. The molecular weight excluding hydrogens is 276 g/mol. The third-order valence-electron chi connectivity index (χ3n) is 3.73. The van der Waals surface area contributed by atoms with Crippen LogP contribution in [0.2, 0.25) is 0 Å².